The van der Waals surface area contributed by atoms with Crippen molar-refractivity contribution < 1.29 is 14.0 Å². The van der Waals surface area contributed by atoms with Crippen molar-refractivity contribution in [1.82, 2.24) is 10.2 Å². The molecule has 0 saturated heterocycles. The van der Waals surface area contributed by atoms with Crippen LogP contribution in [0.1, 0.15) is 37.5 Å². The molecule has 1 N–H and O–H groups in total. The van der Waals surface area contributed by atoms with E-state index in [0.717, 1.165) is 11.1 Å². The van der Waals surface area contributed by atoms with E-state index < -0.39 is 6.04 Å². The molecule has 1 atom stereocenters. The van der Waals surface area contributed by atoms with Crippen LogP contribution in [0.5, 0.6) is 0 Å². The quantitative estimate of drug-likeness (QED) is 0.601. The van der Waals surface area contributed by atoms with Crippen molar-refractivity contribution in [2.75, 3.05) is 12.3 Å². The Morgan fingerprint density at radius 3 is 2.50 bits per heavy atom. The monoisotopic (exact) mass is 430 g/mol. The third kappa shape index (κ3) is 7.48. The second-order valence-electron chi connectivity index (χ2n) is 7.91. The number of nitrogens with one attached hydrogen (secondary N) is 1. The summed E-state index contributed by atoms with van der Waals surface area (Å²) in [5, 5.41) is 2.91. The van der Waals surface area contributed by atoms with E-state index in [-0.39, 0.29) is 23.4 Å². The molecular formula is C24H31FN2O2S. The second kappa shape index (κ2) is 11.7. The fourth-order valence-electron chi connectivity index (χ4n) is 2.99. The number of thioether (sulfide) groups is 1. The maximum absolute atomic E-state index is 13.8. The highest BCUT2D eigenvalue weighted by Gasteiger charge is 2.26. The molecule has 30 heavy (non-hydrogen) atoms. The summed E-state index contributed by atoms with van der Waals surface area (Å²) >= 11 is 1.36. The standard InChI is InChI=1S/C24H31FN2O2S/c1-17(2)13-26-24(29)19(4)27(14-20-9-7-8-18(3)12-20)23(28)16-30-15-21-10-5-6-11-22(21)25/h5-12,17,19H,13-16H2,1-4H3,(H,26,29). The molecule has 0 saturated carbocycles. The number of hydrogen-bond donors (Lipinski definition) is 1. The minimum Gasteiger partial charge on any atom is -0.354 e. The van der Waals surface area contributed by atoms with E-state index in [0.29, 0.717) is 30.3 Å². The highest BCUT2D eigenvalue weighted by molar-refractivity contribution is 7.99. The van der Waals surface area contributed by atoms with Crippen molar-refractivity contribution in [3.63, 3.8) is 0 Å². The van der Waals surface area contributed by atoms with Gasteiger partial charge in [0.05, 0.1) is 5.75 Å². The highest BCUT2D eigenvalue weighted by Crippen LogP contribution is 2.18. The number of benzene rings is 2. The van der Waals surface area contributed by atoms with Gasteiger partial charge in [0.1, 0.15) is 11.9 Å². The van der Waals surface area contributed by atoms with Crippen LogP contribution in [-0.4, -0.2) is 35.1 Å². The Kier molecular flexibility index (Phi) is 9.37. The van der Waals surface area contributed by atoms with Gasteiger partial charge in [0.15, 0.2) is 0 Å². The third-order valence-electron chi connectivity index (χ3n) is 4.73. The van der Waals surface area contributed by atoms with Crippen LogP contribution in [-0.2, 0) is 21.9 Å². The number of halogens is 1. The van der Waals surface area contributed by atoms with Gasteiger partial charge in [0.2, 0.25) is 11.8 Å². The molecule has 0 aliphatic heterocycles. The molecule has 0 bridgehead atoms. The average Bonchev–Trinajstić information content (AvgIpc) is 2.71. The molecule has 0 aliphatic carbocycles. The molecule has 2 rings (SSSR count). The van der Waals surface area contributed by atoms with E-state index in [1.807, 2.05) is 45.0 Å². The Labute approximate surface area is 183 Å². The van der Waals surface area contributed by atoms with Gasteiger partial charge < -0.3 is 10.2 Å². The zero-order valence-corrected chi connectivity index (χ0v) is 19.0. The predicted octanol–water partition coefficient (Wildman–Crippen LogP) is 4.56. The summed E-state index contributed by atoms with van der Waals surface area (Å²) in [6.45, 7) is 8.73. The maximum Gasteiger partial charge on any atom is 0.242 e. The molecule has 6 heteroatoms. The average molecular weight is 431 g/mol. The van der Waals surface area contributed by atoms with Gasteiger partial charge in [-0.15, -0.1) is 11.8 Å². The van der Waals surface area contributed by atoms with Crippen molar-refractivity contribution in [2.45, 2.75) is 46.0 Å². The number of carbonyl (C=O) groups excluding carboxylic acids is 2. The van der Waals surface area contributed by atoms with Crippen LogP contribution in [0.3, 0.4) is 0 Å². The van der Waals surface area contributed by atoms with Crippen molar-refractivity contribution in [3.8, 4) is 0 Å². The first-order valence-electron chi connectivity index (χ1n) is 10.2. The lowest BCUT2D eigenvalue weighted by Gasteiger charge is -2.29. The van der Waals surface area contributed by atoms with Gasteiger partial charge in [0, 0.05) is 18.8 Å². The van der Waals surface area contributed by atoms with Crippen molar-refractivity contribution in [2.24, 2.45) is 5.92 Å². The zero-order valence-electron chi connectivity index (χ0n) is 18.2. The van der Waals surface area contributed by atoms with Gasteiger partial charge in [-0.25, -0.2) is 4.39 Å². The van der Waals surface area contributed by atoms with Crippen LogP contribution < -0.4 is 5.32 Å². The first-order chi connectivity index (χ1) is 14.3. The van der Waals surface area contributed by atoms with Crippen LogP contribution in [0.15, 0.2) is 48.5 Å². The van der Waals surface area contributed by atoms with Crippen molar-refractivity contribution in [3.05, 3.63) is 71.0 Å². The van der Waals surface area contributed by atoms with E-state index >= 15 is 0 Å². The molecule has 0 aliphatic rings. The largest absolute Gasteiger partial charge is 0.354 e. The lowest BCUT2D eigenvalue weighted by Crippen LogP contribution is -2.48. The van der Waals surface area contributed by atoms with Crippen LogP contribution in [0.4, 0.5) is 4.39 Å². The number of carbonyl (C=O) groups is 2. The van der Waals surface area contributed by atoms with Gasteiger partial charge in [-0.05, 0) is 37.0 Å². The lowest BCUT2D eigenvalue weighted by atomic mass is 10.1. The Hall–Kier alpha value is -2.34. The van der Waals surface area contributed by atoms with E-state index in [1.165, 1.54) is 17.8 Å². The SMILES string of the molecule is Cc1cccc(CN(C(=O)CSCc2ccccc2F)C(C)C(=O)NCC(C)C)c1. The molecule has 2 aromatic rings. The summed E-state index contributed by atoms with van der Waals surface area (Å²) in [6.07, 6.45) is 0. The van der Waals surface area contributed by atoms with Crippen LogP contribution in [0.2, 0.25) is 0 Å². The molecule has 2 amide bonds. The minimum atomic E-state index is -0.592. The van der Waals surface area contributed by atoms with Crippen LogP contribution in [0.25, 0.3) is 0 Å². The molecule has 0 heterocycles. The number of hydrogen-bond acceptors (Lipinski definition) is 3. The molecule has 0 aromatic heterocycles. The van der Waals surface area contributed by atoms with Gasteiger partial charge >= 0.3 is 0 Å². The summed E-state index contributed by atoms with van der Waals surface area (Å²) in [7, 11) is 0. The lowest BCUT2D eigenvalue weighted by molar-refractivity contribution is -0.138. The molecule has 0 spiro atoms. The molecule has 0 radical (unpaired) electrons. The molecule has 162 valence electrons. The maximum atomic E-state index is 13.8. The predicted molar refractivity (Wildman–Crippen MR) is 122 cm³/mol. The first kappa shape index (κ1) is 23.9. The van der Waals surface area contributed by atoms with Crippen LogP contribution in [0, 0.1) is 18.7 Å². The van der Waals surface area contributed by atoms with Crippen molar-refractivity contribution >= 4 is 23.6 Å². The summed E-state index contributed by atoms with van der Waals surface area (Å²) in [5.74, 6) is 0.356. The van der Waals surface area contributed by atoms with E-state index in [2.05, 4.69) is 5.32 Å². The third-order valence-corrected chi connectivity index (χ3v) is 5.69. The van der Waals surface area contributed by atoms with Gasteiger partial charge in [-0.2, -0.15) is 0 Å². The zero-order chi connectivity index (χ0) is 22.1. The Bertz CT molecular complexity index is 857. The minimum absolute atomic E-state index is 0.134. The topological polar surface area (TPSA) is 49.4 Å². The second-order valence-corrected chi connectivity index (χ2v) is 8.90. The van der Waals surface area contributed by atoms with Crippen LogP contribution >= 0.6 is 11.8 Å². The fraction of sp³-hybridized carbons (Fsp3) is 0.417. The number of aryl methyl sites for hydroxylation is 1. The Balaban J connectivity index is 2.07. The molecule has 1 unspecified atom stereocenters. The normalized spacial score (nSPS) is 11.9. The summed E-state index contributed by atoms with van der Waals surface area (Å²) in [4.78, 5) is 27.3. The number of nitrogens with zero attached hydrogens (tertiary/aromatic N) is 1. The smallest absolute Gasteiger partial charge is 0.242 e. The number of rotatable bonds is 10. The Morgan fingerprint density at radius 2 is 1.83 bits per heavy atom. The fourth-order valence-corrected chi connectivity index (χ4v) is 3.89. The molecular weight excluding hydrogens is 399 g/mol. The number of amides is 2. The van der Waals surface area contributed by atoms with Gasteiger partial charge in [0.25, 0.3) is 0 Å². The summed E-state index contributed by atoms with van der Waals surface area (Å²) in [6, 6.07) is 13.9. The van der Waals surface area contributed by atoms with E-state index in [4.69, 9.17) is 0 Å². The summed E-state index contributed by atoms with van der Waals surface area (Å²) in [5.41, 5.74) is 2.65. The van der Waals surface area contributed by atoms with E-state index in [1.54, 1.807) is 30.0 Å². The van der Waals surface area contributed by atoms with Gasteiger partial charge in [-0.1, -0.05) is 61.9 Å². The highest BCUT2D eigenvalue weighted by atomic mass is 32.2. The first-order valence-corrected chi connectivity index (χ1v) is 11.4. The molecule has 0 fully saturated rings. The van der Waals surface area contributed by atoms with E-state index in [9.17, 15) is 14.0 Å². The van der Waals surface area contributed by atoms with Gasteiger partial charge in [-0.3, -0.25) is 9.59 Å². The van der Waals surface area contributed by atoms with Crippen molar-refractivity contribution in [1.29, 1.82) is 0 Å². The Morgan fingerprint density at radius 1 is 1.10 bits per heavy atom. The molecule has 4 nitrogen and oxygen atoms in total. The molecule has 2 aromatic carbocycles. The summed E-state index contributed by atoms with van der Waals surface area (Å²) < 4.78 is 13.8.